The van der Waals surface area contributed by atoms with E-state index in [-0.39, 0.29) is 17.4 Å². The number of ether oxygens (including phenoxy) is 1. The maximum atomic E-state index is 13.8. The number of hydrogen-bond donors (Lipinski definition) is 3. The van der Waals surface area contributed by atoms with Crippen LogP contribution < -0.4 is 15.4 Å². The summed E-state index contributed by atoms with van der Waals surface area (Å²) in [6, 6.07) is 36.0. The van der Waals surface area contributed by atoms with Crippen LogP contribution in [0.15, 0.2) is 132 Å². The Bertz CT molecular complexity index is 2090. The first-order valence-electron chi connectivity index (χ1n) is 14.9. The van der Waals surface area contributed by atoms with Crippen LogP contribution in [0.2, 0.25) is 0 Å². The van der Waals surface area contributed by atoms with Crippen molar-refractivity contribution in [3.05, 3.63) is 138 Å². The van der Waals surface area contributed by atoms with Crippen LogP contribution >= 0.6 is 11.8 Å². The van der Waals surface area contributed by atoms with Crippen LogP contribution in [-0.4, -0.2) is 39.8 Å². The number of aromatic nitrogens is 1. The molecule has 3 N–H and O–H groups in total. The van der Waals surface area contributed by atoms with Crippen LogP contribution in [0.25, 0.3) is 27.9 Å². The van der Waals surface area contributed by atoms with Gasteiger partial charge in [0.25, 0.3) is 11.8 Å². The minimum atomic E-state index is -0.556. The minimum Gasteiger partial charge on any atom is -0.508 e. The van der Waals surface area contributed by atoms with Gasteiger partial charge in [-0.1, -0.05) is 54.6 Å². The normalized spacial score (nSPS) is 12.1. The Labute approximate surface area is 275 Å². The molecule has 0 radical (unpaired) electrons. The van der Waals surface area contributed by atoms with E-state index in [0.29, 0.717) is 22.6 Å². The molecule has 0 saturated heterocycles. The average molecular weight is 642 g/mol. The molecule has 5 aromatic carbocycles. The van der Waals surface area contributed by atoms with E-state index in [0.717, 1.165) is 26.7 Å². The van der Waals surface area contributed by atoms with Crippen LogP contribution in [0.3, 0.4) is 0 Å². The number of hydrogen-bond acceptors (Lipinski definition) is 6. The lowest BCUT2D eigenvalue weighted by molar-refractivity contribution is -0.113. The van der Waals surface area contributed by atoms with Crippen molar-refractivity contribution in [2.75, 3.05) is 12.4 Å². The van der Waals surface area contributed by atoms with Crippen LogP contribution in [0.5, 0.6) is 11.5 Å². The number of phenols is 1. The van der Waals surface area contributed by atoms with E-state index in [1.807, 2.05) is 67.6 Å². The number of phenolic OH excluding ortho intramolecular Hbond substituents is 1. The maximum Gasteiger partial charge on any atom is 0.272 e. The summed E-state index contributed by atoms with van der Waals surface area (Å²) in [4.78, 5) is 41.1. The summed E-state index contributed by atoms with van der Waals surface area (Å²) in [5.41, 5.74) is 3.09. The molecule has 1 aromatic heterocycles. The van der Waals surface area contributed by atoms with Crippen molar-refractivity contribution < 1.29 is 24.2 Å². The number of carbonyl (C=O) groups is 3. The van der Waals surface area contributed by atoms with Crippen molar-refractivity contribution >= 4 is 63.1 Å². The zero-order valence-electron chi connectivity index (χ0n) is 25.6. The van der Waals surface area contributed by atoms with E-state index in [1.54, 1.807) is 53.1 Å². The molecule has 0 spiro atoms. The van der Waals surface area contributed by atoms with Gasteiger partial charge in [0, 0.05) is 38.5 Å². The van der Waals surface area contributed by atoms with Crippen molar-refractivity contribution in [3.63, 3.8) is 0 Å². The highest BCUT2D eigenvalue weighted by atomic mass is 32.2. The molecule has 6 rings (SSSR count). The van der Waals surface area contributed by atoms with Gasteiger partial charge in [0.05, 0.1) is 23.4 Å². The van der Waals surface area contributed by atoms with Crippen molar-refractivity contribution in [3.8, 4) is 11.5 Å². The summed E-state index contributed by atoms with van der Waals surface area (Å²) in [5.74, 6) is -0.714. The largest absolute Gasteiger partial charge is 0.508 e. The number of aromatic hydroxyl groups is 1. The first-order valence-corrected chi connectivity index (χ1v) is 15.8. The van der Waals surface area contributed by atoms with Gasteiger partial charge in [-0.25, -0.2) is 0 Å². The molecule has 0 aliphatic carbocycles. The predicted molar refractivity (Wildman–Crippen MR) is 187 cm³/mol. The van der Waals surface area contributed by atoms with E-state index >= 15 is 0 Å². The quantitative estimate of drug-likeness (QED) is 0.110. The lowest BCUT2D eigenvalue weighted by atomic mass is 10.1. The topological polar surface area (TPSA) is 110 Å². The maximum absolute atomic E-state index is 13.8. The highest BCUT2D eigenvalue weighted by Crippen LogP contribution is 2.32. The molecule has 0 saturated carbocycles. The van der Waals surface area contributed by atoms with E-state index < -0.39 is 17.1 Å². The molecule has 1 unspecified atom stereocenters. The van der Waals surface area contributed by atoms with Crippen LogP contribution in [0.4, 0.5) is 5.69 Å². The van der Waals surface area contributed by atoms with Crippen molar-refractivity contribution in [2.24, 2.45) is 0 Å². The van der Waals surface area contributed by atoms with Crippen LogP contribution in [0, 0.1) is 0 Å². The number of anilines is 1. The van der Waals surface area contributed by atoms with Gasteiger partial charge in [-0.15, -0.1) is 11.8 Å². The van der Waals surface area contributed by atoms with Gasteiger partial charge in [-0.3, -0.25) is 19.0 Å². The molecule has 8 nitrogen and oxygen atoms in total. The Morgan fingerprint density at radius 2 is 1.43 bits per heavy atom. The van der Waals surface area contributed by atoms with Gasteiger partial charge in [-0.2, -0.15) is 0 Å². The minimum absolute atomic E-state index is 0.00219. The van der Waals surface area contributed by atoms with E-state index in [9.17, 15) is 19.5 Å². The number of rotatable bonds is 9. The van der Waals surface area contributed by atoms with Crippen molar-refractivity contribution in [2.45, 2.75) is 17.1 Å². The second-order valence-corrected chi connectivity index (χ2v) is 12.2. The zero-order valence-corrected chi connectivity index (χ0v) is 26.5. The van der Waals surface area contributed by atoms with Gasteiger partial charge >= 0.3 is 0 Å². The SMILES string of the molecule is COc1cc(O)ccc1/C=C(\NC(=O)c1ccccc1)C(=O)Nc1ccc(SC(C)C(=O)n2c3ccccc3c3ccccc32)cc1. The Kier molecular flexibility index (Phi) is 9.08. The molecule has 6 aromatic rings. The van der Waals surface area contributed by atoms with Gasteiger partial charge in [0.2, 0.25) is 5.91 Å². The lowest BCUT2D eigenvalue weighted by Crippen LogP contribution is -2.30. The molecule has 47 heavy (non-hydrogen) atoms. The van der Waals surface area contributed by atoms with Gasteiger partial charge in [0.1, 0.15) is 17.2 Å². The summed E-state index contributed by atoms with van der Waals surface area (Å²) >= 11 is 1.43. The summed E-state index contributed by atoms with van der Waals surface area (Å²) < 4.78 is 7.15. The average Bonchev–Trinajstić information content (AvgIpc) is 3.43. The molecular formula is C38H31N3O5S. The third-order valence-electron chi connectivity index (χ3n) is 7.62. The molecule has 234 valence electrons. The number of methoxy groups -OCH3 is 1. The Morgan fingerprint density at radius 3 is 2.06 bits per heavy atom. The fraction of sp³-hybridized carbons (Fsp3) is 0.0789. The Hall–Kier alpha value is -5.80. The number of nitrogens with one attached hydrogen (secondary N) is 2. The fourth-order valence-electron chi connectivity index (χ4n) is 5.33. The van der Waals surface area contributed by atoms with Crippen molar-refractivity contribution in [1.82, 2.24) is 9.88 Å². The molecule has 0 fully saturated rings. The highest BCUT2D eigenvalue weighted by molar-refractivity contribution is 8.00. The van der Waals surface area contributed by atoms with E-state index in [2.05, 4.69) is 10.6 Å². The standard InChI is InChI=1S/C38H31N3O5S/c1-24(38(45)41-33-14-8-6-12-30(33)31-13-7-9-15-34(31)41)47-29-20-17-27(18-21-29)39-37(44)32(40-36(43)25-10-4-3-5-11-25)22-26-16-19-28(42)23-35(26)46-2/h3-24,42H,1-2H3,(H,39,44)(H,40,43)/b32-22-. The summed E-state index contributed by atoms with van der Waals surface area (Å²) in [6.07, 6.45) is 1.49. The van der Waals surface area contributed by atoms with Crippen molar-refractivity contribution in [1.29, 1.82) is 0 Å². The number of fused-ring (bicyclic) bond motifs is 3. The summed E-state index contributed by atoms with van der Waals surface area (Å²) in [6.45, 7) is 1.89. The second-order valence-electron chi connectivity index (χ2n) is 10.8. The molecule has 9 heteroatoms. The number of thioether (sulfide) groups is 1. The van der Waals surface area contributed by atoms with Crippen LogP contribution in [-0.2, 0) is 4.79 Å². The number of benzene rings is 5. The number of nitrogens with zero attached hydrogens (tertiary/aromatic N) is 1. The third kappa shape index (κ3) is 6.75. The first-order chi connectivity index (χ1) is 22.8. The third-order valence-corrected chi connectivity index (χ3v) is 8.72. The van der Waals surface area contributed by atoms with Gasteiger partial charge in [0.15, 0.2) is 0 Å². The monoisotopic (exact) mass is 641 g/mol. The molecule has 0 aliphatic heterocycles. The summed E-state index contributed by atoms with van der Waals surface area (Å²) in [7, 11) is 1.45. The highest BCUT2D eigenvalue weighted by Gasteiger charge is 2.22. The molecule has 1 atom stereocenters. The van der Waals surface area contributed by atoms with E-state index in [1.165, 1.54) is 37.1 Å². The predicted octanol–water partition coefficient (Wildman–Crippen LogP) is 7.74. The molecule has 2 amide bonds. The smallest absolute Gasteiger partial charge is 0.272 e. The summed E-state index contributed by atoms with van der Waals surface area (Å²) in [5, 5.41) is 17.1. The number of para-hydroxylation sites is 2. The molecule has 0 aliphatic rings. The van der Waals surface area contributed by atoms with Gasteiger partial charge in [-0.05, 0) is 73.7 Å². The molecule has 0 bridgehead atoms. The number of amides is 2. The molecular weight excluding hydrogens is 611 g/mol. The van der Waals surface area contributed by atoms with E-state index in [4.69, 9.17) is 4.74 Å². The van der Waals surface area contributed by atoms with Crippen LogP contribution in [0.1, 0.15) is 27.6 Å². The first kappa shape index (κ1) is 31.2. The fourth-order valence-corrected chi connectivity index (χ4v) is 6.24. The zero-order chi connectivity index (χ0) is 32.9. The van der Waals surface area contributed by atoms with Gasteiger partial charge < -0.3 is 20.5 Å². The number of carbonyl (C=O) groups excluding carboxylic acids is 3. The Balaban J connectivity index is 1.20. The Morgan fingerprint density at radius 1 is 0.809 bits per heavy atom. The molecule has 1 heterocycles. The lowest BCUT2D eigenvalue weighted by Gasteiger charge is -2.14. The second kappa shape index (κ2) is 13.7.